The molecule has 1 aliphatic heterocycles. The molecule has 0 radical (unpaired) electrons. The number of carbonyl (C=O) groups excluding carboxylic acids is 1. The average Bonchev–Trinajstić information content (AvgIpc) is 2.30. The summed E-state index contributed by atoms with van der Waals surface area (Å²) >= 11 is 0. The normalized spacial score (nSPS) is 20.8. The second kappa shape index (κ2) is 4.53. The van der Waals surface area contributed by atoms with Crippen molar-refractivity contribution in [2.24, 2.45) is 0 Å². The molecule has 1 aromatic rings. The van der Waals surface area contributed by atoms with Gasteiger partial charge in [-0.1, -0.05) is 17.7 Å². The molecule has 1 aromatic carbocycles. The van der Waals surface area contributed by atoms with Crippen LogP contribution in [0.1, 0.15) is 5.56 Å². The zero-order valence-electron chi connectivity index (χ0n) is 9.31. The summed E-state index contributed by atoms with van der Waals surface area (Å²) in [4.78, 5) is 13.5. The topological polar surface area (TPSA) is 52.6 Å². The van der Waals surface area contributed by atoms with Gasteiger partial charge < -0.3 is 15.3 Å². The van der Waals surface area contributed by atoms with E-state index >= 15 is 0 Å². The van der Waals surface area contributed by atoms with Crippen LogP contribution in [0.2, 0.25) is 0 Å². The van der Waals surface area contributed by atoms with Gasteiger partial charge in [-0.05, 0) is 19.1 Å². The lowest BCUT2D eigenvalue weighted by Crippen LogP contribution is -2.57. The van der Waals surface area contributed by atoms with Crippen molar-refractivity contribution in [2.45, 2.75) is 13.0 Å². The van der Waals surface area contributed by atoms with Gasteiger partial charge in [-0.15, -0.1) is 0 Å². The highest BCUT2D eigenvalue weighted by Crippen LogP contribution is 2.19. The van der Waals surface area contributed by atoms with E-state index in [1.54, 1.807) is 0 Å². The summed E-state index contributed by atoms with van der Waals surface area (Å²) < 4.78 is 0. The van der Waals surface area contributed by atoms with Gasteiger partial charge in [0.15, 0.2) is 0 Å². The van der Waals surface area contributed by atoms with E-state index in [1.165, 1.54) is 5.56 Å². The first-order valence-electron chi connectivity index (χ1n) is 5.44. The van der Waals surface area contributed by atoms with Crippen molar-refractivity contribution < 1.29 is 9.90 Å². The van der Waals surface area contributed by atoms with Crippen LogP contribution in [0, 0.1) is 6.92 Å². The molecule has 86 valence electrons. The molecule has 0 bridgehead atoms. The van der Waals surface area contributed by atoms with Crippen molar-refractivity contribution in [3.63, 3.8) is 0 Å². The van der Waals surface area contributed by atoms with Gasteiger partial charge in [-0.2, -0.15) is 0 Å². The van der Waals surface area contributed by atoms with Gasteiger partial charge in [-0.25, -0.2) is 0 Å². The lowest BCUT2D eigenvalue weighted by molar-refractivity contribution is -0.124. The summed E-state index contributed by atoms with van der Waals surface area (Å²) in [6.45, 7) is 3.24. The Morgan fingerprint density at radius 2 is 2.12 bits per heavy atom. The standard InChI is InChI=1S/C12H16N2O2/c1-9-2-4-10(5-3-9)14-7-6-13-12(16)11(14)8-15/h2-5,11,15H,6-8H2,1H3,(H,13,16). The zero-order chi connectivity index (χ0) is 11.5. The Labute approximate surface area is 94.9 Å². The summed E-state index contributed by atoms with van der Waals surface area (Å²) in [6.07, 6.45) is 0. The van der Waals surface area contributed by atoms with Crippen LogP contribution < -0.4 is 10.2 Å². The fourth-order valence-corrected chi connectivity index (χ4v) is 1.94. The molecule has 4 nitrogen and oxygen atoms in total. The lowest BCUT2D eigenvalue weighted by atomic mass is 10.1. The van der Waals surface area contributed by atoms with Gasteiger partial charge in [0.1, 0.15) is 6.04 Å². The molecule has 0 aromatic heterocycles. The largest absolute Gasteiger partial charge is 0.394 e. The van der Waals surface area contributed by atoms with E-state index in [1.807, 2.05) is 36.1 Å². The predicted molar refractivity (Wildman–Crippen MR) is 62.4 cm³/mol. The van der Waals surface area contributed by atoms with Gasteiger partial charge in [0.05, 0.1) is 6.61 Å². The number of anilines is 1. The van der Waals surface area contributed by atoms with Crippen LogP contribution in [-0.4, -0.2) is 36.8 Å². The van der Waals surface area contributed by atoms with Crippen LogP contribution in [0.15, 0.2) is 24.3 Å². The average molecular weight is 220 g/mol. The summed E-state index contributed by atoms with van der Waals surface area (Å²) in [6, 6.07) is 7.52. The highest BCUT2D eigenvalue weighted by molar-refractivity contribution is 5.86. The third kappa shape index (κ3) is 2.02. The Balaban J connectivity index is 2.24. The van der Waals surface area contributed by atoms with Crippen LogP contribution in [0.25, 0.3) is 0 Å². The first-order chi connectivity index (χ1) is 7.72. The van der Waals surface area contributed by atoms with E-state index in [9.17, 15) is 9.90 Å². The molecule has 0 spiro atoms. The maximum absolute atomic E-state index is 11.6. The molecule has 1 unspecified atom stereocenters. The quantitative estimate of drug-likeness (QED) is 0.753. The Hall–Kier alpha value is -1.55. The number of piperazine rings is 1. The zero-order valence-corrected chi connectivity index (χ0v) is 9.31. The number of rotatable bonds is 2. The van der Waals surface area contributed by atoms with Crippen LogP contribution in [0.4, 0.5) is 5.69 Å². The summed E-state index contributed by atoms with van der Waals surface area (Å²) in [5, 5.41) is 12.0. The summed E-state index contributed by atoms with van der Waals surface area (Å²) in [5.41, 5.74) is 2.17. The first kappa shape index (κ1) is 11.0. The van der Waals surface area contributed by atoms with E-state index in [0.717, 1.165) is 12.2 Å². The molecule has 0 saturated carbocycles. The van der Waals surface area contributed by atoms with Crippen LogP contribution in [0.5, 0.6) is 0 Å². The number of nitrogens with zero attached hydrogens (tertiary/aromatic N) is 1. The van der Waals surface area contributed by atoms with Crippen molar-refractivity contribution in [2.75, 3.05) is 24.6 Å². The molecule has 1 heterocycles. The molecule has 1 fully saturated rings. The van der Waals surface area contributed by atoms with E-state index in [-0.39, 0.29) is 12.5 Å². The van der Waals surface area contributed by atoms with Crippen molar-refractivity contribution in [3.05, 3.63) is 29.8 Å². The highest BCUT2D eigenvalue weighted by Gasteiger charge is 2.28. The van der Waals surface area contributed by atoms with E-state index in [0.29, 0.717) is 6.54 Å². The summed E-state index contributed by atoms with van der Waals surface area (Å²) in [7, 11) is 0. The maximum atomic E-state index is 11.6. The lowest BCUT2D eigenvalue weighted by Gasteiger charge is -2.35. The van der Waals surface area contributed by atoms with Gasteiger partial charge in [0, 0.05) is 18.8 Å². The molecule has 1 aliphatic rings. The number of aliphatic hydroxyl groups is 1. The van der Waals surface area contributed by atoms with Crippen molar-refractivity contribution in [1.29, 1.82) is 0 Å². The van der Waals surface area contributed by atoms with Crippen LogP contribution >= 0.6 is 0 Å². The number of nitrogens with one attached hydrogen (secondary N) is 1. The minimum Gasteiger partial charge on any atom is -0.394 e. The number of aryl methyl sites for hydroxylation is 1. The molecule has 1 amide bonds. The number of benzene rings is 1. The predicted octanol–water partition coefficient (Wildman–Crippen LogP) is 0.292. The first-order valence-corrected chi connectivity index (χ1v) is 5.44. The van der Waals surface area contributed by atoms with Crippen molar-refractivity contribution in [3.8, 4) is 0 Å². The molecule has 2 rings (SSSR count). The van der Waals surface area contributed by atoms with Crippen molar-refractivity contribution in [1.82, 2.24) is 5.32 Å². The minimum absolute atomic E-state index is 0.102. The second-order valence-electron chi connectivity index (χ2n) is 4.02. The SMILES string of the molecule is Cc1ccc(N2CCNC(=O)C2CO)cc1. The minimum atomic E-state index is -0.462. The number of hydrogen-bond donors (Lipinski definition) is 2. The number of carbonyl (C=O) groups is 1. The fraction of sp³-hybridized carbons (Fsp3) is 0.417. The monoisotopic (exact) mass is 220 g/mol. The number of hydrogen-bond acceptors (Lipinski definition) is 3. The third-order valence-electron chi connectivity index (χ3n) is 2.87. The smallest absolute Gasteiger partial charge is 0.245 e. The van der Waals surface area contributed by atoms with Crippen LogP contribution in [-0.2, 0) is 4.79 Å². The Bertz CT molecular complexity index is 375. The van der Waals surface area contributed by atoms with E-state index in [4.69, 9.17) is 0 Å². The molecule has 16 heavy (non-hydrogen) atoms. The molecule has 1 atom stereocenters. The van der Waals surface area contributed by atoms with E-state index < -0.39 is 6.04 Å². The molecular weight excluding hydrogens is 204 g/mol. The van der Waals surface area contributed by atoms with Gasteiger partial charge in [0.25, 0.3) is 0 Å². The maximum Gasteiger partial charge on any atom is 0.245 e. The molecule has 2 N–H and O–H groups in total. The van der Waals surface area contributed by atoms with Gasteiger partial charge in [-0.3, -0.25) is 4.79 Å². The number of amides is 1. The van der Waals surface area contributed by atoms with Crippen LogP contribution in [0.3, 0.4) is 0 Å². The Morgan fingerprint density at radius 1 is 1.44 bits per heavy atom. The summed E-state index contributed by atoms with van der Waals surface area (Å²) in [5.74, 6) is -0.102. The third-order valence-corrected chi connectivity index (χ3v) is 2.87. The molecular formula is C12H16N2O2. The van der Waals surface area contributed by atoms with E-state index in [2.05, 4.69) is 5.32 Å². The Morgan fingerprint density at radius 3 is 2.75 bits per heavy atom. The van der Waals surface area contributed by atoms with Gasteiger partial charge in [0.2, 0.25) is 5.91 Å². The molecule has 0 aliphatic carbocycles. The fourth-order valence-electron chi connectivity index (χ4n) is 1.94. The number of aliphatic hydroxyl groups excluding tert-OH is 1. The highest BCUT2D eigenvalue weighted by atomic mass is 16.3. The molecule has 4 heteroatoms. The van der Waals surface area contributed by atoms with Gasteiger partial charge >= 0.3 is 0 Å². The molecule has 1 saturated heterocycles. The Kier molecular flexibility index (Phi) is 3.10. The second-order valence-corrected chi connectivity index (χ2v) is 4.02. The van der Waals surface area contributed by atoms with Crippen molar-refractivity contribution >= 4 is 11.6 Å².